The average molecular weight is 312 g/mol. The van der Waals surface area contributed by atoms with Gasteiger partial charge in [-0.25, -0.2) is 0 Å². The summed E-state index contributed by atoms with van der Waals surface area (Å²) >= 11 is 0. The van der Waals surface area contributed by atoms with Crippen LogP contribution in [0, 0.1) is 10.1 Å². The summed E-state index contributed by atoms with van der Waals surface area (Å²) in [6.07, 6.45) is 2.88. The van der Waals surface area contributed by atoms with Crippen molar-refractivity contribution in [1.82, 2.24) is 0 Å². The third-order valence-corrected chi connectivity index (χ3v) is 3.26. The van der Waals surface area contributed by atoms with Gasteiger partial charge in [-0.1, -0.05) is 12.1 Å². The maximum Gasteiger partial charge on any atom is 0.293 e. The van der Waals surface area contributed by atoms with Gasteiger partial charge in [-0.2, -0.15) is 0 Å². The van der Waals surface area contributed by atoms with Crippen molar-refractivity contribution in [3.8, 4) is 5.75 Å². The van der Waals surface area contributed by atoms with Crippen LogP contribution in [0.2, 0.25) is 0 Å². The average Bonchev–Trinajstić information content (AvgIpc) is 2.52. The summed E-state index contributed by atoms with van der Waals surface area (Å²) in [7, 11) is 3.46. The molecule has 0 radical (unpaired) electrons. The van der Waals surface area contributed by atoms with Gasteiger partial charge >= 0.3 is 0 Å². The van der Waals surface area contributed by atoms with Gasteiger partial charge in [-0.05, 0) is 42.0 Å². The van der Waals surface area contributed by atoms with Gasteiger partial charge in [0.05, 0.1) is 4.92 Å². The first-order chi connectivity index (χ1) is 10.9. The molecule has 0 saturated carbocycles. The molecule has 0 amide bonds. The van der Waals surface area contributed by atoms with E-state index in [2.05, 4.69) is 0 Å². The number of hydrogen-bond donors (Lipinski definition) is 1. The number of nitrogens with zero attached hydrogens (tertiary/aromatic N) is 2. The molecular formula is C17H16N2O4. The molecular weight excluding hydrogens is 296 g/mol. The normalized spacial score (nSPS) is 10.7. The highest BCUT2D eigenvalue weighted by molar-refractivity contribution is 6.06. The van der Waals surface area contributed by atoms with Crippen molar-refractivity contribution in [3.63, 3.8) is 0 Å². The number of phenolic OH excluding ortho intramolecular Hbond substituents is 1. The second kappa shape index (κ2) is 6.74. The Morgan fingerprint density at radius 3 is 2.39 bits per heavy atom. The number of hydrogen-bond acceptors (Lipinski definition) is 5. The Kier molecular flexibility index (Phi) is 4.75. The molecule has 2 rings (SSSR count). The van der Waals surface area contributed by atoms with E-state index in [1.165, 1.54) is 42.5 Å². The van der Waals surface area contributed by atoms with E-state index in [1.54, 1.807) is 31.1 Å². The summed E-state index contributed by atoms with van der Waals surface area (Å²) in [5.41, 5.74) is 1.47. The topological polar surface area (TPSA) is 83.7 Å². The maximum atomic E-state index is 12.0. The van der Waals surface area contributed by atoms with Gasteiger partial charge in [0.15, 0.2) is 5.78 Å². The number of carbonyl (C=O) groups is 1. The molecule has 0 atom stereocenters. The van der Waals surface area contributed by atoms with Crippen molar-refractivity contribution < 1.29 is 14.8 Å². The molecule has 0 aliphatic rings. The Morgan fingerprint density at radius 2 is 1.83 bits per heavy atom. The monoisotopic (exact) mass is 312 g/mol. The van der Waals surface area contributed by atoms with Crippen LogP contribution in [-0.4, -0.2) is 29.9 Å². The highest BCUT2D eigenvalue weighted by atomic mass is 16.6. The number of benzene rings is 2. The second-order valence-electron chi connectivity index (χ2n) is 5.14. The fraction of sp³-hybridized carbons (Fsp3) is 0.118. The lowest BCUT2D eigenvalue weighted by molar-refractivity contribution is -0.384. The zero-order chi connectivity index (χ0) is 17.0. The van der Waals surface area contributed by atoms with Crippen LogP contribution in [0.1, 0.15) is 15.9 Å². The number of anilines is 1. The van der Waals surface area contributed by atoms with Crippen molar-refractivity contribution in [2.45, 2.75) is 0 Å². The van der Waals surface area contributed by atoms with E-state index >= 15 is 0 Å². The molecule has 118 valence electrons. The lowest BCUT2D eigenvalue weighted by Crippen LogP contribution is -2.10. The summed E-state index contributed by atoms with van der Waals surface area (Å²) in [5.74, 6) is -0.162. The maximum absolute atomic E-state index is 12.0. The van der Waals surface area contributed by atoms with E-state index in [4.69, 9.17) is 0 Å². The van der Waals surface area contributed by atoms with Gasteiger partial charge in [0.2, 0.25) is 0 Å². The standard InChI is InChI=1S/C17H16N2O4/c1-18(2)15-9-3-12(11-16(15)19(22)23)4-10-17(21)13-5-7-14(20)8-6-13/h3-11,20H,1-2H3/b10-4+. The van der Waals surface area contributed by atoms with Crippen LogP contribution in [-0.2, 0) is 0 Å². The number of aromatic hydroxyl groups is 1. The third kappa shape index (κ3) is 3.94. The number of phenols is 1. The summed E-state index contributed by atoms with van der Waals surface area (Å²) in [4.78, 5) is 24.4. The quantitative estimate of drug-likeness (QED) is 0.396. The number of ketones is 1. The molecule has 0 saturated heterocycles. The van der Waals surface area contributed by atoms with Crippen LogP contribution in [0.3, 0.4) is 0 Å². The van der Waals surface area contributed by atoms with Crippen LogP contribution in [0.4, 0.5) is 11.4 Å². The van der Waals surface area contributed by atoms with Gasteiger partial charge in [-0.15, -0.1) is 0 Å². The molecule has 23 heavy (non-hydrogen) atoms. The van der Waals surface area contributed by atoms with Crippen molar-refractivity contribution in [3.05, 3.63) is 69.8 Å². The van der Waals surface area contributed by atoms with Gasteiger partial charge < -0.3 is 10.0 Å². The third-order valence-electron chi connectivity index (χ3n) is 3.26. The van der Waals surface area contributed by atoms with E-state index in [0.717, 1.165) is 0 Å². The smallest absolute Gasteiger partial charge is 0.293 e. The van der Waals surface area contributed by atoms with Crippen molar-refractivity contribution in [2.24, 2.45) is 0 Å². The van der Waals surface area contributed by atoms with Gasteiger partial charge in [0.25, 0.3) is 5.69 Å². The zero-order valence-corrected chi connectivity index (χ0v) is 12.8. The van der Waals surface area contributed by atoms with Gasteiger partial charge in [0, 0.05) is 25.7 Å². The number of nitro benzene ring substituents is 1. The predicted octanol–water partition coefficient (Wildman–Crippen LogP) is 3.26. The molecule has 0 aromatic heterocycles. The first-order valence-electron chi connectivity index (χ1n) is 6.85. The number of allylic oxidation sites excluding steroid dienone is 1. The molecule has 6 heteroatoms. The Labute approximate surface area is 133 Å². The molecule has 0 fully saturated rings. The SMILES string of the molecule is CN(C)c1ccc(/C=C/C(=O)c2ccc(O)cc2)cc1[N+](=O)[O-]. The van der Waals surface area contributed by atoms with Crippen molar-refractivity contribution >= 4 is 23.2 Å². The highest BCUT2D eigenvalue weighted by Crippen LogP contribution is 2.28. The Balaban J connectivity index is 2.25. The number of nitro groups is 1. The zero-order valence-electron chi connectivity index (χ0n) is 12.8. The van der Waals surface area contributed by atoms with Crippen LogP contribution in [0.25, 0.3) is 6.08 Å². The van der Waals surface area contributed by atoms with Gasteiger partial charge in [-0.3, -0.25) is 14.9 Å². The Hall–Kier alpha value is -3.15. The lowest BCUT2D eigenvalue weighted by atomic mass is 10.1. The van der Waals surface area contributed by atoms with E-state index in [-0.39, 0.29) is 17.2 Å². The first-order valence-corrected chi connectivity index (χ1v) is 6.85. The highest BCUT2D eigenvalue weighted by Gasteiger charge is 2.15. The predicted molar refractivity (Wildman–Crippen MR) is 88.9 cm³/mol. The molecule has 2 aromatic rings. The number of rotatable bonds is 5. The van der Waals surface area contributed by atoms with Crippen LogP contribution in [0.5, 0.6) is 5.75 Å². The van der Waals surface area contributed by atoms with Crippen molar-refractivity contribution in [2.75, 3.05) is 19.0 Å². The minimum Gasteiger partial charge on any atom is -0.508 e. The Morgan fingerprint density at radius 1 is 1.17 bits per heavy atom. The first kappa shape index (κ1) is 16.2. The lowest BCUT2D eigenvalue weighted by Gasteiger charge is -2.12. The van der Waals surface area contributed by atoms with E-state index in [9.17, 15) is 20.0 Å². The molecule has 2 aromatic carbocycles. The summed E-state index contributed by atoms with van der Waals surface area (Å²) in [6.45, 7) is 0. The fourth-order valence-corrected chi connectivity index (χ4v) is 2.06. The van der Waals surface area contributed by atoms with Gasteiger partial charge in [0.1, 0.15) is 11.4 Å². The summed E-state index contributed by atoms with van der Waals surface area (Å²) in [6, 6.07) is 10.7. The van der Waals surface area contributed by atoms with Crippen LogP contribution >= 0.6 is 0 Å². The second-order valence-corrected chi connectivity index (χ2v) is 5.14. The molecule has 1 N–H and O–H groups in total. The molecule has 0 heterocycles. The van der Waals surface area contributed by atoms with Crippen LogP contribution in [0.15, 0.2) is 48.5 Å². The summed E-state index contributed by atoms with van der Waals surface area (Å²) in [5, 5.41) is 20.3. The largest absolute Gasteiger partial charge is 0.508 e. The minimum absolute atomic E-state index is 0.0192. The number of carbonyl (C=O) groups excluding carboxylic acids is 1. The molecule has 0 aliphatic heterocycles. The van der Waals surface area contributed by atoms with E-state index < -0.39 is 4.92 Å². The summed E-state index contributed by atoms with van der Waals surface area (Å²) < 4.78 is 0. The fourth-order valence-electron chi connectivity index (χ4n) is 2.06. The molecule has 6 nitrogen and oxygen atoms in total. The molecule has 0 bridgehead atoms. The van der Waals surface area contributed by atoms with E-state index in [1.807, 2.05) is 0 Å². The molecule has 0 aliphatic carbocycles. The Bertz CT molecular complexity index is 765. The molecule has 0 spiro atoms. The van der Waals surface area contributed by atoms with Crippen LogP contribution < -0.4 is 4.90 Å². The van der Waals surface area contributed by atoms with Crippen molar-refractivity contribution in [1.29, 1.82) is 0 Å². The molecule has 0 unspecified atom stereocenters. The minimum atomic E-state index is -0.450. The van der Waals surface area contributed by atoms with E-state index in [0.29, 0.717) is 16.8 Å².